The topological polar surface area (TPSA) is 102 Å². The van der Waals surface area contributed by atoms with Gasteiger partial charge in [-0.15, -0.1) is 16.4 Å². The predicted octanol–water partition coefficient (Wildman–Crippen LogP) is 2.96. The summed E-state index contributed by atoms with van der Waals surface area (Å²) in [6, 6.07) is 11.8. The van der Waals surface area contributed by atoms with Crippen LogP contribution in [0.4, 0.5) is 10.5 Å². The van der Waals surface area contributed by atoms with E-state index in [-0.39, 0.29) is 12.7 Å². The number of hydrogen-bond donors (Lipinski definition) is 1. The van der Waals surface area contributed by atoms with Crippen LogP contribution in [0.3, 0.4) is 0 Å². The molecule has 1 saturated heterocycles. The molecule has 0 spiro atoms. The zero-order valence-electron chi connectivity index (χ0n) is 16.1. The largest absolute Gasteiger partial charge is 0.421 e. The van der Waals surface area contributed by atoms with E-state index in [1.807, 2.05) is 43.3 Å². The highest BCUT2D eigenvalue weighted by Crippen LogP contribution is 2.33. The molecule has 1 aromatic carbocycles. The van der Waals surface area contributed by atoms with Gasteiger partial charge in [-0.25, -0.2) is 9.48 Å². The number of benzene rings is 1. The fourth-order valence-electron chi connectivity index (χ4n) is 3.43. The van der Waals surface area contributed by atoms with Crippen molar-refractivity contribution < 1.29 is 19.5 Å². The van der Waals surface area contributed by atoms with Gasteiger partial charge in [0.1, 0.15) is 5.71 Å². The summed E-state index contributed by atoms with van der Waals surface area (Å²) < 4.78 is 6.99. The fraction of sp³-hybridized carbons (Fsp3) is 0.300. The molecule has 0 aliphatic carbocycles. The monoisotopic (exact) mass is 425 g/mol. The average Bonchev–Trinajstić information content (AvgIpc) is 3.54. The number of hydrogen-bond acceptors (Lipinski definition) is 8. The van der Waals surface area contributed by atoms with E-state index in [2.05, 4.69) is 15.5 Å². The molecule has 2 atom stereocenters. The van der Waals surface area contributed by atoms with Crippen molar-refractivity contribution in [2.45, 2.75) is 25.7 Å². The van der Waals surface area contributed by atoms with Crippen molar-refractivity contribution >= 4 is 28.8 Å². The van der Waals surface area contributed by atoms with E-state index in [1.165, 1.54) is 0 Å². The summed E-state index contributed by atoms with van der Waals surface area (Å²) in [7, 11) is 0. The number of cyclic esters (lactones) is 1. The third kappa shape index (κ3) is 3.44. The van der Waals surface area contributed by atoms with Gasteiger partial charge in [-0.2, -0.15) is 0 Å². The lowest BCUT2D eigenvalue weighted by molar-refractivity contribution is 0.0390. The number of aryl methyl sites for hydroxylation is 1. The second kappa shape index (κ2) is 7.54. The van der Waals surface area contributed by atoms with Crippen LogP contribution in [0, 0.1) is 6.92 Å². The van der Waals surface area contributed by atoms with E-state index in [0.717, 1.165) is 32.4 Å². The fourth-order valence-corrected chi connectivity index (χ4v) is 4.43. The van der Waals surface area contributed by atoms with Gasteiger partial charge in [-0.1, -0.05) is 22.5 Å². The molecule has 2 aromatic heterocycles. The number of aromatic nitrogens is 3. The number of ether oxygens (including phenoxy) is 1. The second-order valence-electron chi connectivity index (χ2n) is 7.15. The minimum absolute atomic E-state index is 0.0387. The molecule has 10 heteroatoms. The van der Waals surface area contributed by atoms with Crippen LogP contribution in [0.5, 0.6) is 0 Å². The number of oxime groups is 1. The number of aliphatic hydroxyl groups is 1. The molecule has 154 valence electrons. The van der Waals surface area contributed by atoms with Crippen molar-refractivity contribution in [1.29, 1.82) is 0 Å². The van der Waals surface area contributed by atoms with Crippen LogP contribution < -0.4 is 4.90 Å². The van der Waals surface area contributed by atoms with Crippen LogP contribution in [0.1, 0.15) is 23.2 Å². The normalized spacial score (nSPS) is 20.9. The Bertz CT molecular complexity index is 1110. The predicted molar refractivity (Wildman–Crippen MR) is 110 cm³/mol. The lowest BCUT2D eigenvalue weighted by atomic mass is 10.1. The van der Waals surface area contributed by atoms with Gasteiger partial charge in [0.2, 0.25) is 6.23 Å². The highest BCUT2D eigenvalue weighted by molar-refractivity contribution is 7.17. The van der Waals surface area contributed by atoms with Crippen molar-refractivity contribution in [1.82, 2.24) is 15.0 Å². The van der Waals surface area contributed by atoms with Crippen molar-refractivity contribution in [3.63, 3.8) is 0 Å². The molecule has 2 aliphatic heterocycles. The van der Waals surface area contributed by atoms with Crippen LogP contribution in [-0.4, -0.2) is 51.2 Å². The van der Waals surface area contributed by atoms with E-state index in [4.69, 9.17) is 9.57 Å². The molecule has 4 heterocycles. The molecule has 1 fully saturated rings. The Morgan fingerprint density at radius 2 is 2.00 bits per heavy atom. The molecular formula is C20H19N5O4S. The zero-order valence-corrected chi connectivity index (χ0v) is 17.0. The van der Waals surface area contributed by atoms with Crippen LogP contribution in [0.25, 0.3) is 10.4 Å². The first-order chi connectivity index (χ1) is 14.6. The first kappa shape index (κ1) is 18.8. The number of rotatable bonds is 5. The summed E-state index contributed by atoms with van der Waals surface area (Å²) in [6.45, 7) is 2.17. The molecule has 3 aromatic rings. The third-order valence-corrected chi connectivity index (χ3v) is 6.19. The van der Waals surface area contributed by atoms with Crippen molar-refractivity contribution in [2.24, 2.45) is 5.16 Å². The van der Waals surface area contributed by atoms with Gasteiger partial charge in [0, 0.05) is 17.0 Å². The van der Waals surface area contributed by atoms with E-state index >= 15 is 0 Å². The number of thiophene rings is 1. The van der Waals surface area contributed by atoms with E-state index in [9.17, 15) is 9.90 Å². The van der Waals surface area contributed by atoms with Crippen LogP contribution in [-0.2, 0) is 9.57 Å². The van der Waals surface area contributed by atoms with Crippen LogP contribution in [0.2, 0.25) is 0 Å². The molecule has 0 saturated carbocycles. The maximum atomic E-state index is 12.3. The Labute approximate surface area is 176 Å². The number of carbonyl (C=O) groups is 1. The smallest absolute Gasteiger partial charge is 0.416 e. The Kier molecular flexibility index (Phi) is 4.72. The van der Waals surface area contributed by atoms with Gasteiger partial charge < -0.3 is 14.7 Å². The molecule has 30 heavy (non-hydrogen) atoms. The highest BCUT2D eigenvalue weighted by atomic mass is 32.1. The lowest BCUT2D eigenvalue weighted by Gasteiger charge is -2.13. The van der Waals surface area contributed by atoms with Gasteiger partial charge in [0.05, 0.1) is 29.9 Å². The molecule has 1 N–H and O–H groups in total. The zero-order chi connectivity index (χ0) is 20.7. The molecule has 5 rings (SSSR count). The lowest BCUT2D eigenvalue weighted by Crippen LogP contribution is -2.24. The summed E-state index contributed by atoms with van der Waals surface area (Å²) in [5.74, 6) is 0. The van der Waals surface area contributed by atoms with Gasteiger partial charge in [-0.05, 0) is 36.8 Å². The summed E-state index contributed by atoms with van der Waals surface area (Å²) in [6.07, 6.45) is 1.21. The number of nitrogens with zero attached hydrogens (tertiary/aromatic N) is 5. The van der Waals surface area contributed by atoms with E-state index < -0.39 is 12.3 Å². The average molecular weight is 425 g/mol. The molecule has 2 unspecified atom stereocenters. The summed E-state index contributed by atoms with van der Waals surface area (Å²) >= 11 is 1.62. The van der Waals surface area contributed by atoms with Crippen molar-refractivity contribution in [2.75, 3.05) is 18.1 Å². The number of anilines is 1. The maximum Gasteiger partial charge on any atom is 0.416 e. The third-order valence-electron chi connectivity index (χ3n) is 5.01. The first-order valence-electron chi connectivity index (χ1n) is 9.51. The van der Waals surface area contributed by atoms with Gasteiger partial charge in [0.25, 0.3) is 0 Å². The highest BCUT2D eigenvalue weighted by Gasteiger charge is 2.34. The quantitative estimate of drug-likeness (QED) is 0.674. The summed E-state index contributed by atoms with van der Waals surface area (Å²) in [4.78, 5) is 21.2. The van der Waals surface area contributed by atoms with Crippen molar-refractivity contribution in [3.8, 4) is 10.4 Å². The Morgan fingerprint density at radius 1 is 1.20 bits per heavy atom. The van der Waals surface area contributed by atoms with Crippen LogP contribution in [0.15, 0.2) is 47.8 Å². The Hall–Kier alpha value is -3.24. The van der Waals surface area contributed by atoms with Gasteiger partial charge in [-0.3, -0.25) is 4.90 Å². The van der Waals surface area contributed by atoms with Crippen LogP contribution >= 0.6 is 11.3 Å². The molecule has 2 aliphatic rings. The molecule has 9 nitrogen and oxygen atoms in total. The van der Waals surface area contributed by atoms with Gasteiger partial charge in [0.15, 0.2) is 6.10 Å². The number of amides is 1. The minimum Gasteiger partial charge on any atom is -0.421 e. The van der Waals surface area contributed by atoms with Crippen molar-refractivity contribution in [3.05, 3.63) is 53.2 Å². The summed E-state index contributed by atoms with van der Waals surface area (Å²) in [5, 5.41) is 21.2. The maximum absolute atomic E-state index is 12.3. The summed E-state index contributed by atoms with van der Waals surface area (Å²) in [5.41, 5.74) is 3.44. The Morgan fingerprint density at radius 3 is 2.70 bits per heavy atom. The first-order valence-corrected chi connectivity index (χ1v) is 10.3. The number of carbonyl (C=O) groups excluding carboxylic acids is 1. The molecular weight excluding hydrogens is 406 g/mol. The minimum atomic E-state index is -0.490. The SMILES string of the molecule is Cc1cn(C2CN(c3ccc(-c4ccc(C5=NOC(CO)C5)s4)cc3)C(=O)O2)nn1. The molecule has 0 bridgehead atoms. The van der Waals surface area contributed by atoms with Gasteiger partial charge >= 0.3 is 6.09 Å². The second-order valence-corrected chi connectivity index (χ2v) is 8.24. The molecule has 0 radical (unpaired) electrons. The standard InChI is InChI=1S/C20H19N5O4S/c1-12-9-25(23-21-12)19-10-24(20(27)28-19)14-4-2-13(3-5-14)17-6-7-18(30-17)16-8-15(11-26)29-22-16/h2-7,9,15,19,26H,8,10-11H2,1H3. The van der Waals surface area contributed by atoms with E-state index in [1.54, 1.807) is 27.1 Å². The molecule has 1 amide bonds. The number of aliphatic hydroxyl groups excluding tert-OH is 1. The Balaban J connectivity index is 1.30. The van der Waals surface area contributed by atoms with E-state index in [0.29, 0.717) is 13.0 Å².